The Bertz CT molecular complexity index is 1340. The lowest BCUT2D eigenvalue weighted by Gasteiger charge is -2.37. The number of fused-ring (bicyclic) bond motifs is 1. The van der Waals surface area contributed by atoms with Gasteiger partial charge in [0.25, 0.3) is 0 Å². The SMILES string of the molecule is COc1ncc(-c2ccc3ncc(C#N)c(N4C[C@@H](C)S[C@H](C)C4)c3c2)cc1NS(C)(=O)=O. The summed E-state index contributed by atoms with van der Waals surface area (Å²) in [6.07, 6.45) is 4.35. The molecule has 1 saturated heterocycles. The average Bonchev–Trinajstić information content (AvgIpc) is 2.76. The molecule has 0 amide bonds. The number of aromatic nitrogens is 2. The van der Waals surface area contributed by atoms with Gasteiger partial charge in [-0.2, -0.15) is 17.0 Å². The standard InChI is InChI=1S/C23H25N5O3S2/c1-14-12-28(13-15(2)32-14)22-18(9-24)11-25-20-6-5-16(7-19(20)22)17-8-21(27-33(4,29)30)23(31-3)26-10-17/h5-8,10-11,14-15,27H,12-13H2,1-4H3/t14-,15-/m1/s1. The highest BCUT2D eigenvalue weighted by Gasteiger charge is 2.26. The molecule has 1 aliphatic heterocycles. The minimum Gasteiger partial charge on any atom is -0.480 e. The highest BCUT2D eigenvalue weighted by atomic mass is 32.2. The maximum absolute atomic E-state index is 11.8. The molecule has 0 saturated carbocycles. The summed E-state index contributed by atoms with van der Waals surface area (Å²) in [5.74, 6) is 0.188. The van der Waals surface area contributed by atoms with Gasteiger partial charge in [0.05, 0.1) is 30.1 Å². The second kappa shape index (κ2) is 9.08. The number of nitrogens with one attached hydrogen (secondary N) is 1. The fourth-order valence-electron chi connectivity index (χ4n) is 4.19. The van der Waals surface area contributed by atoms with Crippen molar-refractivity contribution in [2.75, 3.05) is 36.1 Å². The van der Waals surface area contributed by atoms with Gasteiger partial charge in [-0.1, -0.05) is 19.9 Å². The van der Waals surface area contributed by atoms with E-state index in [-0.39, 0.29) is 11.6 Å². The molecule has 0 radical (unpaired) electrons. The van der Waals surface area contributed by atoms with E-state index in [2.05, 4.69) is 39.5 Å². The first-order chi connectivity index (χ1) is 15.7. The third-order valence-electron chi connectivity index (χ3n) is 5.37. The maximum atomic E-state index is 11.8. The third-order valence-corrected chi connectivity index (χ3v) is 7.19. The summed E-state index contributed by atoms with van der Waals surface area (Å²) in [4.78, 5) is 11.0. The third kappa shape index (κ3) is 4.99. The van der Waals surface area contributed by atoms with E-state index in [1.165, 1.54) is 7.11 Å². The second-order valence-corrected chi connectivity index (χ2v) is 11.8. The summed E-state index contributed by atoms with van der Waals surface area (Å²) in [5.41, 5.74) is 4.03. The van der Waals surface area contributed by atoms with Gasteiger partial charge >= 0.3 is 0 Å². The molecule has 172 valence electrons. The van der Waals surface area contributed by atoms with E-state index in [1.807, 2.05) is 30.0 Å². The molecule has 1 aliphatic rings. The smallest absolute Gasteiger partial charge is 0.238 e. The van der Waals surface area contributed by atoms with Crippen LogP contribution in [-0.4, -0.2) is 55.3 Å². The molecule has 2 aromatic heterocycles. The Morgan fingerprint density at radius 1 is 1.15 bits per heavy atom. The van der Waals surface area contributed by atoms with Crippen molar-refractivity contribution in [3.8, 4) is 23.1 Å². The van der Waals surface area contributed by atoms with Gasteiger partial charge in [0.15, 0.2) is 0 Å². The Hall–Kier alpha value is -3.03. The summed E-state index contributed by atoms with van der Waals surface area (Å²) >= 11 is 1.95. The topological polar surface area (TPSA) is 108 Å². The highest BCUT2D eigenvalue weighted by Crippen LogP contribution is 2.37. The lowest BCUT2D eigenvalue weighted by atomic mass is 10.0. The molecular formula is C23H25N5O3S2. The van der Waals surface area contributed by atoms with Crippen molar-refractivity contribution in [3.63, 3.8) is 0 Å². The van der Waals surface area contributed by atoms with Crippen molar-refractivity contribution < 1.29 is 13.2 Å². The van der Waals surface area contributed by atoms with Crippen LogP contribution in [0, 0.1) is 11.3 Å². The van der Waals surface area contributed by atoms with Crippen molar-refractivity contribution in [2.24, 2.45) is 0 Å². The van der Waals surface area contributed by atoms with E-state index in [4.69, 9.17) is 4.74 Å². The first-order valence-corrected chi connectivity index (χ1v) is 13.3. The number of ether oxygens (including phenoxy) is 1. The van der Waals surface area contributed by atoms with Gasteiger partial charge in [-0.25, -0.2) is 13.4 Å². The van der Waals surface area contributed by atoms with Crippen LogP contribution in [0.5, 0.6) is 5.88 Å². The molecule has 33 heavy (non-hydrogen) atoms. The van der Waals surface area contributed by atoms with Gasteiger partial charge in [0.2, 0.25) is 15.9 Å². The van der Waals surface area contributed by atoms with E-state index in [0.717, 1.165) is 41.5 Å². The van der Waals surface area contributed by atoms with Crippen LogP contribution in [0.15, 0.2) is 36.7 Å². The number of rotatable bonds is 5. The largest absolute Gasteiger partial charge is 0.480 e. The molecule has 3 aromatic rings. The van der Waals surface area contributed by atoms with Crippen LogP contribution in [0.4, 0.5) is 11.4 Å². The molecule has 0 aliphatic carbocycles. The fourth-order valence-corrected chi connectivity index (χ4v) is 6.06. The summed E-state index contributed by atoms with van der Waals surface area (Å²) in [7, 11) is -2.07. The molecule has 0 unspecified atom stereocenters. The second-order valence-electron chi connectivity index (χ2n) is 8.18. The van der Waals surface area contributed by atoms with Gasteiger partial charge < -0.3 is 9.64 Å². The molecule has 0 spiro atoms. The monoisotopic (exact) mass is 483 g/mol. The number of pyridine rings is 2. The molecule has 1 N–H and O–H groups in total. The van der Waals surface area contributed by atoms with Crippen LogP contribution in [-0.2, 0) is 10.0 Å². The highest BCUT2D eigenvalue weighted by molar-refractivity contribution is 8.00. The van der Waals surface area contributed by atoms with Gasteiger partial charge in [-0.15, -0.1) is 0 Å². The van der Waals surface area contributed by atoms with Crippen molar-refractivity contribution >= 4 is 44.1 Å². The predicted octanol–water partition coefficient (Wildman–Crippen LogP) is 3.88. The number of benzene rings is 1. The predicted molar refractivity (Wildman–Crippen MR) is 133 cm³/mol. The van der Waals surface area contributed by atoms with Crippen molar-refractivity contribution in [1.29, 1.82) is 5.26 Å². The number of hydrogen-bond acceptors (Lipinski definition) is 8. The Labute approximate surface area is 198 Å². The van der Waals surface area contributed by atoms with Crippen LogP contribution < -0.4 is 14.4 Å². The number of nitrogens with zero attached hydrogens (tertiary/aromatic N) is 4. The zero-order valence-corrected chi connectivity index (χ0v) is 20.5. The Morgan fingerprint density at radius 3 is 2.52 bits per heavy atom. The van der Waals surface area contributed by atoms with Crippen LogP contribution >= 0.6 is 11.8 Å². The van der Waals surface area contributed by atoms with Gasteiger partial charge in [0, 0.05) is 46.9 Å². The fraction of sp³-hybridized carbons (Fsp3) is 0.348. The summed E-state index contributed by atoms with van der Waals surface area (Å²) in [6, 6.07) is 9.81. The molecule has 8 nitrogen and oxygen atoms in total. The average molecular weight is 484 g/mol. The quantitative estimate of drug-likeness (QED) is 0.582. The lowest BCUT2D eigenvalue weighted by Crippen LogP contribution is -2.40. The zero-order chi connectivity index (χ0) is 23.8. The van der Waals surface area contributed by atoms with E-state index >= 15 is 0 Å². The minimum absolute atomic E-state index is 0.188. The van der Waals surface area contributed by atoms with Gasteiger partial charge in [-0.3, -0.25) is 9.71 Å². The number of methoxy groups -OCH3 is 1. The molecule has 10 heteroatoms. The van der Waals surface area contributed by atoms with Gasteiger partial charge in [0.1, 0.15) is 11.8 Å². The number of sulfonamides is 1. The van der Waals surface area contributed by atoms with Crippen molar-refractivity contribution in [1.82, 2.24) is 9.97 Å². The number of nitriles is 1. The number of anilines is 2. The van der Waals surface area contributed by atoms with E-state index in [0.29, 0.717) is 21.6 Å². The molecule has 4 rings (SSSR count). The molecule has 1 aromatic carbocycles. The molecular weight excluding hydrogens is 458 g/mol. The summed E-state index contributed by atoms with van der Waals surface area (Å²) in [5, 5.41) is 11.6. The van der Waals surface area contributed by atoms with Crippen molar-refractivity contribution in [2.45, 2.75) is 24.3 Å². The molecule has 1 fully saturated rings. The van der Waals surface area contributed by atoms with Crippen LogP contribution in [0.1, 0.15) is 19.4 Å². The Morgan fingerprint density at radius 2 is 1.88 bits per heavy atom. The first kappa shape index (κ1) is 23.1. The first-order valence-electron chi connectivity index (χ1n) is 10.4. The molecule has 2 atom stereocenters. The summed E-state index contributed by atoms with van der Waals surface area (Å²) in [6.45, 7) is 6.10. The zero-order valence-electron chi connectivity index (χ0n) is 18.9. The minimum atomic E-state index is -3.51. The Balaban J connectivity index is 1.86. The molecule has 3 heterocycles. The van der Waals surface area contributed by atoms with E-state index < -0.39 is 10.0 Å². The maximum Gasteiger partial charge on any atom is 0.238 e. The summed E-state index contributed by atoms with van der Waals surface area (Å²) < 4.78 is 31.3. The normalized spacial score (nSPS) is 18.7. The molecule has 0 bridgehead atoms. The van der Waals surface area contributed by atoms with E-state index in [1.54, 1.807) is 18.5 Å². The van der Waals surface area contributed by atoms with Crippen molar-refractivity contribution in [3.05, 3.63) is 42.2 Å². The van der Waals surface area contributed by atoms with Crippen LogP contribution in [0.3, 0.4) is 0 Å². The van der Waals surface area contributed by atoms with E-state index in [9.17, 15) is 13.7 Å². The van der Waals surface area contributed by atoms with Crippen LogP contribution in [0.25, 0.3) is 22.0 Å². The lowest BCUT2D eigenvalue weighted by molar-refractivity contribution is 0.400. The Kier molecular flexibility index (Phi) is 6.36. The number of hydrogen-bond donors (Lipinski definition) is 1. The van der Waals surface area contributed by atoms with Crippen LogP contribution in [0.2, 0.25) is 0 Å². The number of thioether (sulfide) groups is 1. The van der Waals surface area contributed by atoms with Gasteiger partial charge in [-0.05, 0) is 23.8 Å².